The highest BCUT2D eigenvalue weighted by Gasteiger charge is 2.24. The molecule has 1 atom stereocenters. The summed E-state index contributed by atoms with van der Waals surface area (Å²) in [4.78, 5) is 1.78. The van der Waals surface area contributed by atoms with Crippen molar-refractivity contribution in [3.05, 3.63) is 49.6 Å². The lowest BCUT2D eigenvalue weighted by Gasteiger charge is -2.24. The number of hydrogen-bond acceptors (Lipinski definition) is 4. The van der Waals surface area contributed by atoms with Crippen LogP contribution in [0.5, 0.6) is 0 Å². The van der Waals surface area contributed by atoms with Crippen LogP contribution in [0.1, 0.15) is 11.6 Å². The Hall–Kier alpha value is -0.340. The van der Waals surface area contributed by atoms with Gasteiger partial charge in [-0.05, 0) is 48.6 Å². The molecule has 1 aromatic carbocycles. The van der Waals surface area contributed by atoms with Gasteiger partial charge in [-0.25, -0.2) is 13.1 Å². The van der Waals surface area contributed by atoms with Gasteiger partial charge in [-0.2, -0.15) is 11.3 Å². The Balaban J connectivity index is 2.25. The number of sulfonamides is 1. The molecule has 1 aromatic heterocycles. The molecular weight excluding hydrogens is 399 g/mol. The molecule has 0 aliphatic rings. The Morgan fingerprint density at radius 3 is 2.30 bits per heavy atom. The van der Waals surface area contributed by atoms with Crippen LogP contribution in [0.2, 0.25) is 15.1 Å². The molecule has 126 valence electrons. The van der Waals surface area contributed by atoms with Crippen molar-refractivity contribution in [1.82, 2.24) is 9.62 Å². The Morgan fingerprint density at radius 1 is 1.22 bits per heavy atom. The SMILES string of the molecule is CN(C)[C@@H](CNS(=O)(=O)c1c(Cl)cc(Cl)cc1Cl)c1ccsc1. The number of nitrogens with one attached hydrogen (secondary N) is 1. The third-order valence-corrected chi connectivity index (χ3v) is 6.51. The van der Waals surface area contributed by atoms with Crippen LogP contribution in [0.15, 0.2) is 33.9 Å². The third-order valence-electron chi connectivity index (χ3n) is 3.25. The summed E-state index contributed by atoms with van der Waals surface area (Å²) in [6.07, 6.45) is 0. The van der Waals surface area contributed by atoms with Crippen LogP contribution < -0.4 is 4.72 Å². The van der Waals surface area contributed by atoms with Crippen molar-refractivity contribution in [3.63, 3.8) is 0 Å². The smallest absolute Gasteiger partial charge is 0.243 e. The maximum atomic E-state index is 12.5. The van der Waals surface area contributed by atoms with Gasteiger partial charge in [0, 0.05) is 17.6 Å². The summed E-state index contributed by atoms with van der Waals surface area (Å²) in [5.41, 5.74) is 1.04. The van der Waals surface area contributed by atoms with Crippen LogP contribution in [0, 0.1) is 0 Å². The monoisotopic (exact) mass is 412 g/mol. The molecule has 4 nitrogen and oxygen atoms in total. The second kappa shape index (κ2) is 7.70. The van der Waals surface area contributed by atoms with Crippen molar-refractivity contribution < 1.29 is 8.42 Å². The van der Waals surface area contributed by atoms with Gasteiger partial charge in [0.15, 0.2) is 0 Å². The lowest BCUT2D eigenvalue weighted by molar-refractivity contribution is 0.300. The number of halogens is 3. The number of hydrogen-bond donors (Lipinski definition) is 1. The van der Waals surface area contributed by atoms with E-state index in [1.54, 1.807) is 11.3 Å². The fourth-order valence-electron chi connectivity index (χ4n) is 2.11. The second-order valence-electron chi connectivity index (χ2n) is 5.09. The predicted octanol–water partition coefficient (Wildman–Crippen LogP) is 4.29. The lowest BCUT2D eigenvalue weighted by atomic mass is 10.1. The van der Waals surface area contributed by atoms with Crippen molar-refractivity contribution in [2.45, 2.75) is 10.9 Å². The Labute approximate surface area is 155 Å². The molecule has 0 aliphatic heterocycles. The van der Waals surface area contributed by atoms with E-state index < -0.39 is 10.0 Å². The van der Waals surface area contributed by atoms with Gasteiger partial charge in [0.2, 0.25) is 10.0 Å². The Bertz CT molecular complexity index is 754. The fraction of sp³-hybridized carbons (Fsp3) is 0.286. The van der Waals surface area contributed by atoms with Crippen molar-refractivity contribution in [3.8, 4) is 0 Å². The minimum Gasteiger partial charge on any atom is -0.301 e. The topological polar surface area (TPSA) is 49.4 Å². The molecule has 0 fully saturated rings. The number of benzene rings is 1. The van der Waals surface area contributed by atoms with Gasteiger partial charge in [0.1, 0.15) is 4.90 Å². The van der Waals surface area contributed by atoms with E-state index in [0.29, 0.717) is 0 Å². The lowest BCUT2D eigenvalue weighted by Crippen LogP contribution is -2.34. The quantitative estimate of drug-likeness (QED) is 0.768. The summed E-state index contributed by atoms with van der Waals surface area (Å²) in [5.74, 6) is 0. The summed E-state index contributed by atoms with van der Waals surface area (Å²) >= 11 is 19.4. The van der Waals surface area contributed by atoms with Gasteiger partial charge in [-0.15, -0.1) is 0 Å². The Kier molecular flexibility index (Phi) is 6.35. The van der Waals surface area contributed by atoms with E-state index in [2.05, 4.69) is 4.72 Å². The first-order valence-electron chi connectivity index (χ1n) is 6.55. The highest BCUT2D eigenvalue weighted by atomic mass is 35.5. The third kappa shape index (κ3) is 4.60. The number of rotatable bonds is 6. The van der Waals surface area contributed by atoms with Gasteiger partial charge >= 0.3 is 0 Å². The van der Waals surface area contributed by atoms with Crippen LogP contribution in [-0.4, -0.2) is 34.0 Å². The molecule has 0 saturated carbocycles. The summed E-state index contributed by atoms with van der Waals surface area (Å²) in [6, 6.07) is 4.57. The van der Waals surface area contributed by atoms with Crippen molar-refractivity contribution in [1.29, 1.82) is 0 Å². The van der Waals surface area contributed by atoms with Crippen LogP contribution in [0.25, 0.3) is 0 Å². The first-order valence-corrected chi connectivity index (χ1v) is 10.1. The largest absolute Gasteiger partial charge is 0.301 e. The van der Waals surface area contributed by atoms with Gasteiger partial charge in [0.05, 0.1) is 10.0 Å². The van der Waals surface area contributed by atoms with Crippen molar-refractivity contribution >= 4 is 56.2 Å². The molecule has 1 N–H and O–H groups in total. The minimum atomic E-state index is -3.85. The van der Waals surface area contributed by atoms with E-state index in [-0.39, 0.29) is 32.5 Å². The number of nitrogens with zero attached hydrogens (tertiary/aromatic N) is 1. The second-order valence-corrected chi connectivity index (χ2v) is 8.82. The van der Waals surface area contributed by atoms with E-state index in [1.807, 2.05) is 35.8 Å². The van der Waals surface area contributed by atoms with E-state index in [0.717, 1.165) is 5.56 Å². The molecule has 0 spiro atoms. The average molecular weight is 414 g/mol. The van der Waals surface area contributed by atoms with E-state index in [9.17, 15) is 8.42 Å². The van der Waals surface area contributed by atoms with Crippen molar-refractivity contribution in [2.75, 3.05) is 20.6 Å². The molecule has 23 heavy (non-hydrogen) atoms. The summed E-state index contributed by atoms with van der Waals surface area (Å²) in [6.45, 7) is 0.196. The molecule has 0 radical (unpaired) electrons. The number of likely N-dealkylation sites (N-methyl/N-ethyl adjacent to an activating group) is 1. The van der Waals surface area contributed by atoms with Crippen molar-refractivity contribution in [2.24, 2.45) is 0 Å². The zero-order valence-corrected chi connectivity index (χ0v) is 16.3. The van der Waals surface area contributed by atoms with Gasteiger partial charge < -0.3 is 4.90 Å². The van der Waals surface area contributed by atoms with Crippen LogP contribution in [0.4, 0.5) is 0 Å². The fourth-order valence-corrected chi connectivity index (χ4v) is 5.40. The maximum absolute atomic E-state index is 12.5. The summed E-state index contributed by atoms with van der Waals surface area (Å²) in [5, 5.41) is 4.20. The van der Waals surface area contributed by atoms with E-state index in [1.165, 1.54) is 12.1 Å². The van der Waals surface area contributed by atoms with Crippen LogP contribution >= 0.6 is 46.1 Å². The highest BCUT2D eigenvalue weighted by Crippen LogP contribution is 2.32. The Morgan fingerprint density at radius 2 is 1.83 bits per heavy atom. The minimum absolute atomic E-state index is 0.00747. The molecular formula is C14H15Cl3N2O2S2. The molecule has 0 unspecified atom stereocenters. The van der Waals surface area contributed by atoms with E-state index >= 15 is 0 Å². The first-order chi connectivity index (χ1) is 10.7. The average Bonchev–Trinajstić information content (AvgIpc) is 2.90. The van der Waals surface area contributed by atoms with Gasteiger partial charge in [-0.1, -0.05) is 34.8 Å². The molecule has 0 saturated heterocycles. The standard InChI is InChI=1S/C14H15Cl3N2O2S2/c1-19(2)13(9-3-4-22-8-9)7-18-23(20,21)14-11(16)5-10(15)6-12(14)17/h3-6,8,13,18H,7H2,1-2H3/t13-/m0/s1. The molecule has 1 heterocycles. The molecule has 2 aromatic rings. The normalized spacial score (nSPS) is 13.5. The zero-order chi connectivity index (χ0) is 17.2. The van der Waals surface area contributed by atoms with E-state index in [4.69, 9.17) is 34.8 Å². The molecule has 2 rings (SSSR count). The summed E-state index contributed by atoms with van der Waals surface area (Å²) in [7, 11) is -0.0783. The molecule has 0 bridgehead atoms. The first kappa shape index (κ1) is 19.0. The maximum Gasteiger partial charge on any atom is 0.243 e. The zero-order valence-electron chi connectivity index (χ0n) is 12.4. The molecule has 9 heteroatoms. The van der Waals surface area contributed by atoms with Gasteiger partial charge in [0.25, 0.3) is 0 Å². The van der Waals surface area contributed by atoms with Crippen LogP contribution in [0.3, 0.4) is 0 Å². The molecule has 0 amide bonds. The molecule has 0 aliphatic carbocycles. The number of thiophene rings is 1. The predicted molar refractivity (Wildman–Crippen MR) is 97.4 cm³/mol. The summed E-state index contributed by atoms with van der Waals surface area (Å²) < 4.78 is 27.7. The van der Waals surface area contributed by atoms with Gasteiger partial charge in [-0.3, -0.25) is 0 Å². The van der Waals surface area contributed by atoms with Crippen LogP contribution in [-0.2, 0) is 10.0 Å². The highest BCUT2D eigenvalue weighted by molar-refractivity contribution is 7.89.